The van der Waals surface area contributed by atoms with Gasteiger partial charge in [-0.1, -0.05) is 27.2 Å². The molecule has 3 rings (SSSR count). The van der Waals surface area contributed by atoms with E-state index < -0.39 is 5.82 Å². The maximum Gasteiger partial charge on any atom is 0.265 e. The van der Waals surface area contributed by atoms with Crippen molar-refractivity contribution in [3.05, 3.63) is 46.7 Å². The first-order chi connectivity index (χ1) is 10.0. The molecule has 0 fully saturated rings. The first kappa shape index (κ1) is 13.6. The highest BCUT2D eigenvalue weighted by Crippen LogP contribution is 2.36. The van der Waals surface area contributed by atoms with Crippen LogP contribution in [-0.2, 0) is 0 Å². The van der Waals surface area contributed by atoms with Gasteiger partial charge in [-0.05, 0) is 30.3 Å². The molecule has 0 spiro atoms. The predicted molar refractivity (Wildman–Crippen MR) is 76.2 cm³/mol. The summed E-state index contributed by atoms with van der Waals surface area (Å²) < 4.78 is 18.9. The molecule has 0 amide bonds. The number of benzene rings is 2. The normalized spacial score (nSPS) is 10.8. The van der Waals surface area contributed by atoms with Gasteiger partial charge in [0.2, 0.25) is 5.82 Å². The van der Waals surface area contributed by atoms with Crippen LogP contribution in [0.2, 0.25) is 0 Å². The minimum atomic E-state index is -0.448. The van der Waals surface area contributed by atoms with Crippen molar-refractivity contribution in [3.63, 3.8) is 0 Å². The van der Waals surface area contributed by atoms with Gasteiger partial charge < -0.3 is 14.7 Å². The van der Waals surface area contributed by atoms with Crippen molar-refractivity contribution >= 4 is 15.9 Å². The second kappa shape index (κ2) is 5.17. The quantitative estimate of drug-likeness (QED) is 0.736. The van der Waals surface area contributed by atoms with Crippen LogP contribution in [0.5, 0.6) is 11.5 Å². The molecule has 0 atom stereocenters. The lowest BCUT2D eigenvalue weighted by Crippen LogP contribution is -1.84. The number of aromatic nitrogens is 2. The number of rotatable bonds is 2. The lowest BCUT2D eigenvalue weighted by molar-refractivity contribution is 0.416. The summed E-state index contributed by atoms with van der Waals surface area (Å²) >= 11 is 3.18. The van der Waals surface area contributed by atoms with Gasteiger partial charge in [-0.2, -0.15) is 4.98 Å². The zero-order valence-electron chi connectivity index (χ0n) is 10.4. The van der Waals surface area contributed by atoms with Crippen molar-refractivity contribution in [2.75, 3.05) is 0 Å². The van der Waals surface area contributed by atoms with Gasteiger partial charge in [0, 0.05) is 10.0 Å². The zero-order valence-corrected chi connectivity index (χ0v) is 12.0. The summed E-state index contributed by atoms with van der Waals surface area (Å²) in [6.45, 7) is 0. The Balaban J connectivity index is 2.08. The third-order valence-corrected chi connectivity index (χ3v) is 3.24. The minimum Gasteiger partial charge on any atom is -0.507 e. The lowest BCUT2D eigenvalue weighted by atomic mass is 10.1. The van der Waals surface area contributed by atoms with Gasteiger partial charge in [0.25, 0.3) is 5.89 Å². The molecule has 0 aliphatic rings. The highest BCUT2D eigenvalue weighted by atomic mass is 79.9. The van der Waals surface area contributed by atoms with E-state index in [0.29, 0.717) is 10.0 Å². The molecule has 21 heavy (non-hydrogen) atoms. The summed E-state index contributed by atoms with van der Waals surface area (Å²) in [5.74, 6) is -0.735. The van der Waals surface area contributed by atoms with Crippen molar-refractivity contribution in [3.8, 4) is 34.3 Å². The average Bonchev–Trinajstić information content (AvgIpc) is 2.87. The lowest BCUT2D eigenvalue weighted by Gasteiger charge is -2.01. The van der Waals surface area contributed by atoms with Crippen LogP contribution in [0.25, 0.3) is 22.8 Å². The van der Waals surface area contributed by atoms with Crippen LogP contribution in [0, 0.1) is 5.82 Å². The van der Waals surface area contributed by atoms with Crippen molar-refractivity contribution in [1.82, 2.24) is 10.1 Å². The van der Waals surface area contributed by atoms with E-state index in [1.807, 2.05) is 0 Å². The van der Waals surface area contributed by atoms with E-state index in [1.165, 1.54) is 30.3 Å². The van der Waals surface area contributed by atoms with E-state index in [-0.39, 0.29) is 28.8 Å². The number of hydrogen-bond acceptors (Lipinski definition) is 5. The zero-order chi connectivity index (χ0) is 15.0. The highest BCUT2D eigenvalue weighted by Gasteiger charge is 2.18. The van der Waals surface area contributed by atoms with Crippen LogP contribution in [0.3, 0.4) is 0 Å². The van der Waals surface area contributed by atoms with Crippen LogP contribution in [-0.4, -0.2) is 20.4 Å². The molecule has 5 nitrogen and oxygen atoms in total. The molecular formula is C14H8BrFN2O3. The second-order valence-corrected chi connectivity index (χ2v) is 5.17. The molecule has 7 heteroatoms. The molecule has 0 unspecified atom stereocenters. The van der Waals surface area contributed by atoms with Crippen molar-refractivity contribution < 1.29 is 19.1 Å². The van der Waals surface area contributed by atoms with E-state index in [4.69, 9.17) is 4.52 Å². The Morgan fingerprint density at radius 1 is 1.10 bits per heavy atom. The van der Waals surface area contributed by atoms with Gasteiger partial charge in [-0.3, -0.25) is 0 Å². The standard InChI is InChI=1S/C14H8BrFN2O3/c15-8-4-7(5-9(16)6-8)13-17-14(21-18-13)12-10(19)2-1-3-11(12)20/h1-6,19-20H. The summed E-state index contributed by atoms with van der Waals surface area (Å²) in [6, 6.07) is 8.44. The minimum absolute atomic E-state index is 0.0340. The number of halogens is 2. The summed E-state index contributed by atoms with van der Waals surface area (Å²) in [5.41, 5.74) is 0.443. The van der Waals surface area contributed by atoms with Gasteiger partial charge in [0.05, 0.1) is 0 Å². The van der Waals surface area contributed by atoms with E-state index >= 15 is 0 Å². The Hall–Kier alpha value is -2.41. The Morgan fingerprint density at radius 3 is 2.48 bits per heavy atom. The molecule has 1 aromatic heterocycles. The van der Waals surface area contributed by atoms with Crippen LogP contribution >= 0.6 is 15.9 Å². The molecule has 3 aromatic rings. The molecule has 2 N–H and O–H groups in total. The van der Waals surface area contributed by atoms with Crippen molar-refractivity contribution in [1.29, 1.82) is 0 Å². The first-order valence-electron chi connectivity index (χ1n) is 5.86. The van der Waals surface area contributed by atoms with Gasteiger partial charge in [0.1, 0.15) is 22.9 Å². The third-order valence-electron chi connectivity index (χ3n) is 2.78. The van der Waals surface area contributed by atoms with E-state index in [2.05, 4.69) is 26.1 Å². The molecule has 106 valence electrons. The van der Waals surface area contributed by atoms with Gasteiger partial charge in [-0.25, -0.2) is 4.39 Å². The molecule has 2 aromatic carbocycles. The van der Waals surface area contributed by atoms with E-state index in [0.717, 1.165) is 0 Å². The maximum absolute atomic E-state index is 13.4. The molecule has 0 saturated heterocycles. The molecular weight excluding hydrogens is 343 g/mol. The number of phenols is 2. The largest absolute Gasteiger partial charge is 0.507 e. The Kier molecular flexibility index (Phi) is 3.34. The van der Waals surface area contributed by atoms with Gasteiger partial charge >= 0.3 is 0 Å². The summed E-state index contributed by atoms with van der Waals surface area (Å²) in [5, 5.41) is 23.2. The Bertz CT molecular complexity index is 779. The monoisotopic (exact) mass is 350 g/mol. The maximum atomic E-state index is 13.4. The molecule has 0 aliphatic carbocycles. The Labute approximate surface area is 126 Å². The number of nitrogens with zero attached hydrogens (tertiary/aromatic N) is 2. The molecule has 1 heterocycles. The van der Waals surface area contributed by atoms with Gasteiger partial charge in [-0.15, -0.1) is 0 Å². The SMILES string of the molecule is Oc1cccc(O)c1-c1nc(-c2cc(F)cc(Br)c2)no1. The summed E-state index contributed by atoms with van der Waals surface area (Å²) in [6.07, 6.45) is 0. The topological polar surface area (TPSA) is 79.4 Å². The van der Waals surface area contributed by atoms with Gasteiger partial charge in [0.15, 0.2) is 0 Å². The number of phenolic OH excluding ortho intramolecular Hbond substituents is 2. The van der Waals surface area contributed by atoms with Crippen LogP contribution in [0.1, 0.15) is 0 Å². The van der Waals surface area contributed by atoms with Crippen molar-refractivity contribution in [2.24, 2.45) is 0 Å². The fraction of sp³-hybridized carbons (Fsp3) is 0. The molecule has 0 aliphatic heterocycles. The number of hydrogen-bond donors (Lipinski definition) is 2. The summed E-state index contributed by atoms with van der Waals surface area (Å²) in [7, 11) is 0. The highest BCUT2D eigenvalue weighted by molar-refractivity contribution is 9.10. The fourth-order valence-electron chi connectivity index (χ4n) is 1.87. The smallest absolute Gasteiger partial charge is 0.265 e. The molecule has 0 radical (unpaired) electrons. The van der Waals surface area contributed by atoms with E-state index in [1.54, 1.807) is 6.07 Å². The van der Waals surface area contributed by atoms with Crippen LogP contribution in [0.4, 0.5) is 4.39 Å². The van der Waals surface area contributed by atoms with Crippen LogP contribution in [0.15, 0.2) is 45.4 Å². The summed E-state index contributed by atoms with van der Waals surface area (Å²) in [4.78, 5) is 4.07. The molecule has 0 bridgehead atoms. The first-order valence-corrected chi connectivity index (χ1v) is 6.65. The van der Waals surface area contributed by atoms with E-state index in [9.17, 15) is 14.6 Å². The fourth-order valence-corrected chi connectivity index (χ4v) is 2.34. The average molecular weight is 351 g/mol. The molecule has 0 saturated carbocycles. The van der Waals surface area contributed by atoms with Crippen molar-refractivity contribution in [2.45, 2.75) is 0 Å². The second-order valence-electron chi connectivity index (χ2n) is 4.25. The van der Waals surface area contributed by atoms with Crippen LogP contribution < -0.4 is 0 Å². The Morgan fingerprint density at radius 2 is 1.81 bits per heavy atom. The number of aromatic hydroxyl groups is 2. The predicted octanol–water partition coefficient (Wildman–Crippen LogP) is 3.72. The third kappa shape index (κ3) is 2.59.